The van der Waals surface area contributed by atoms with Crippen molar-refractivity contribution >= 4 is 11.4 Å². The van der Waals surface area contributed by atoms with Crippen molar-refractivity contribution in [1.82, 2.24) is 5.32 Å². The number of para-hydroxylation sites is 2. The molecule has 1 saturated carbocycles. The molecule has 0 bridgehead atoms. The van der Waals surface area contributed by atoms with Crippen molar-refractivity contribution in [2.45, 2.75) is 38.5 Å². The molecule has 0 unspecified atom stereocenters. The second-order valence-electron chi connectivity index (χ2n) is 5.81. The fourth-order valence-corrected chi connectivity index (χ4v) is 3.49. The maximum Gasteiger partial charge on any atom is 0.153 e. The van der Waals surface area contributed by atoms with Crippen LogP contribution in [0.5, 0.6) is 11.5 Å². The normalized spacial score (nSPS) is 17.1. The standard InChI is InChI=1S/C18H18NO/c1-12-10-11-16-18(17(12)13-6-2-3-7-13)19-14-8-4-5-9-15(14)20-16/h4-5,8-11,13H,2-3,6-7H2,1H3. The Morgan fingerprint density at radius 3 is 2.65 bits per heavy atom. The van der Waals surface area contributed by atoms with Gasteiger partial charge in [-0.25, -0.2) is 5.32 Å². The molecular weight excluding hydrogens is 246 g/mol. The van der Waals surface area contributed by atoms with E-state index in [0.717, 1.165) is 22.9 Å². The predicted octanol–water partition coefficient (Wildman–Crippen LogP) is 5.33. The van der Waals surface area contributed by atoms with E-state index >= 15 is 0 Å². The van der Waals surface area contributed by atoms with E-state index in [0.29, 0.717) is 5.92 Å². The second-order valence-corrected chi connectivity index (χ2v) is 5.81. The lowest BCUT2D eigenvalue weighted by Gasteiger charge is -2.25. The van der Waals surface area contributed by atoms with Gasteiger partial charge in [-0.05, 0) is 55.0 Å². The van der Waals surface area contributed by atoms with Gasteiger partial charge in [-0.3, -0.25) is 0 Å². The van der Waals surface area contributed by atoms with Crippen LogP contribution < -0.4 is 10.1 Å². The summed E-state index contributed by atoms with van der Waals surface area (Å²) >= 11 is 0. The monoisotopic (exact) mass is 264 g/mol. The molecule has 0 amide bonds. The van der Waals surface area contributed by atoms with Crippen molar-refractivity contribution in [2.24, 2.45) is 0 Å². The van der Waals surface area contributed by atoms with Crippen molar-refractivity contribution < 1.29 is 4.74 Å². The minimum absolute atomic E-state index is 0.655. The molecule has 2 heteroatoms. The number of nitrogens with zero attached hydrogens (tertiary/aromatic N) is 1. The maximum absolute atomic E-state index is 6.04. The van der Waals surface area contributed by atoms with Crippen LogP contribution in [0, 0.1) is 6.92 Å². The zero-order valence-electron chi connectivity index (χ0n) is 11.7. The highest BCUT2D eigenvalue weighted by molar-refractivity contribution is 5.72. The van der Waals surface area contributed by atoms with Crippen LogP contribution in [-0.4, -0.2) is 0 Å². The van der Waals surface area contributed by atoms with E-state index < -0.39 is 0 Å². The smallest absolute Gasteiger partial charge is 0.153 e. The fourth-order valence-electron chi connectivity index (χ4n) is 3.49. The molecule has 4 rings (SSSR count). The first-order valence-electron chi connectivity index (χ1n) is 7.45. The third-order valence-corrected chi connectivity index (χ3v) is 4.48. The summed E-state index contributed by atoms with van der Waals surface area (Å²) in [6.45, 7) is 2.20. The van der Waals surface area contributed by atoms with Gasteiger partial charge in [0.05, 0.1) is 0 Å². The zero-order chi connectivity index (χ0) is 13.5. The van der Waals surface area contributed by atoms with E-state index in [1.165, 1.54) is 36.8 Å². The van der Waals surface area contributed by atoms with Gasteiger partial charge in [0.25, 0.3) is 0 Å². The highest BCUT2D eigenvalue weighted by Crippen LogP contribution is 2.49. The third kappa shape index (κ3) is 1.79. The average molecular weight is 264 g/mol. The van der Waals surface area contributed by atoms with E-state index in [1.54, 1.807) is 0 Å². The summed E-state index contributed by atoms with van der Waals surface area (Å²) in [6, 6.07) is 12.3. The predicted molar refractivity (Wildman–Crippen MR) is 80.4 cm³/mol. The summed E-state index contributed by atoms with van der Waals surface area (Å²) < 4.78 is 6.04. The quantitative estimate of drug-likeness (QED) is 0.583. The topological polar surface area (TPSA) is 23.3 Å². The minimum atomic E-state index is 0.655. The number of benzene rings is 2. The Balaban J connectivity index is 1.83. The molecule has 101 valence electrons. The molecule has 1 aliphatic carbocycles. The van der Waals surface area contributed by atoms with Gasteiger partial charge in [-0.15, -0.1) is 0 Å². The molecule has 0 N–H and O–H groups in total. The Kier molecular flexibility index (Phi) is 2.69. The lowest BCUT2D eigenvalue weighted by atomic mass is 9.91. The fraction of sp³-hybridized carbons (Fsp3) is 0.333. The van der Waals surface area contributed by atoms with Crippen LogP contribution in [0.25, 0.3) is 0 Å². The first kappa shape index (κ1) is 11.8. The Hall–Kier alpha value is -1.96. The average Bonchev–Trinajstić information content (AvgIpc) is 2.99. The van der Waals surface area contributed by atoms with Gasteiger partial charge >= 0.3 is 0 Å². The first-order chi connectivity index (χ1) is 9.83. The van der Waals surface area contributed by atoms with Gasteiger partial charge < -0.3 is 4.74 Å². The summed E-state index contributed by atoms with van der Waals surface area (Å²) in [5.41, 5.74) is 4.78. The van der Waals surface area contributed by atoms with Gasteiger partial charge in [0.2, 0.25) is 0 Å². The van der Waals surface area contributed by atoms with Gasteiger partial charge in [-0.1, -0.05) is 31.0 Å². The Morgan fingerprint density at radius 1 is 1.00 bits per heavy atom. The van der Waals surface area contributed by atoms with Crippen LogP contribution in [0.2, 0.25) is 0 Å². The number of rotatable bonds is 1. The number of fused-ring (bicyclic) bond motifs is 2. The van der Waals surface area contributed by atoms with E-state index in [9.17, 15) is 0 Å². The lowest BCUT2D eigenvalue weighted by Crippen LogP contribution is -2.08. The van der Waals surface area contributed by atoms with E-state index in [1.807, 2.05) is 24.3 Å². The number of hydrogen-bond donors (Lipinski definition) is 0. The van der Waals surface area contributed by atoms with Crippen molar-refractivity contribution in [3.63, 3.8) is 0 Å². The third-order valence-electron chi connectivity index (χ3n) is 4.48. The largest absolute Gasteiger partial charge is 0.453 e. The highest BCUT2D eigenvalue weighted by atomic mass is 16.5. The van der Waals surface area contributed by atoms with Crippen LogP contribution in [0.1, 0.15) is 42.7 Å². The molecule has 0 aromatic heterocycles. The van der Waals surface area contributed by atoms with Crippen molar-refractivity contribution in [3.05, 3.63) is 47.5 Å². The van der Waals surface area contributed by atoms with E-state index in [4.69, 9.17) is 10.1 Å². The Bertz CT molecular complexity index is 656. The van der Waals surface area contributed by atoms with Crippen molar-refractivity contribution in [3.8, 4) is 11.5 Å². The molecule has 1 aliphatic heterocycles. The molecule has 0 saturated heterocycles. The minimum Gasteiger partial charge on any atom is -0.453 e. The SMILES string of the molecule is Cc1ccc2c(c1C1CCCC1)[N]c1ccccc1O2. The number of aryl methyl sites for hydroxylation is 1. The van der Waals surface area contributed by atoms with E-state index in [-0.39, 0.29) is 0 Å². The first-order valence-corrected chi connectivity index (χ1v) is 7.45. The molecule has 2 nitrogen and oxygen atoms in total. The Morgan fingerprint density at radius 2 is 1.80 bits per heavy atom. The number of ether oxygens (including phenoxy) is 1. The molecule has 1 radical (unpaired) electrons. The molecular formula is C18H18NO. The van der Waals surface area contributed by atoms with Crippen molar-refractivity contribution in [1.29, 1.82) is 0 Å². The van der Waals surface area contributed by atoms with Crippen LogP contribution >= 0.6 is 0 Å². The van der Waals surface area contributed by atoms with Gasteiger partial charge in [-0.2, -0.15) is 0 Å². The molecule has 20 heavy (non-hydrogen) atoms. The molecule has 2 aromatic rings. The van der Waals surface area contributed by atoms with Crippen molar-refractivity contribution in [2.75, 3.05) is 0 Å². The zero-order valence-corrected chi connectivity index (χ0v) is 11.7. The maximum atomic E-state index is 6.04. The number of hydrogen-bond acceptors (Lipinski definition) is 1. The molecule has 1 fully saturated rings. The highest BCUT2D eigenvalue weighted by Gasteiger charge is 2.27. The molecule has 2 aromatic carbocycles. The van der Waals surface area contributed by atoms with Crippen LogP contribution in [0.15, 0.2) is 36.4 Å². The summed E-state index contributed by atoms with van der Waals surface area (Å²) in [4.78, 5) is 0. The Labute approximate surface area is 119 Å². The lowest BCUT2D eigenvalue weighted by molar-refractivity contribution is 0.469. The van der Waals surface area contributed by atoms with Gasteiger partial charge in [0, 0.05) is 0 Å². The summed E-state index contributed by atoms with van der Waals surface area (Å²) in [5.74, 6) is 2.43. The summed E-state index contributed by atoms with van der Waals surface area (Å²) in [7, 11) is 0. The molecule has 0 atom stereocenters. The van der Waals surface area contributed by atoms with Crippen LogP contribution in [0.3, 0.4) is 0 Å². The summed E-state index contributed by atoms with van der Waals surface area (Å²) in [6.07, 6.45) is 5.25. The summed E-state index contributed by atoms with van der Waals surface area (Å²) in [5, 5.41) is 4.89. The van der Waals surface area contributed by atoms with Crippen LogP contribution in [0.4, 0.5) is 11.4 Å². The molecule has 2 aliphatic rings. The second kappa shape index (κ2) is 4.55. The van der Waals surface area contributed by atoms with Gasteiger partial charge in [0.15, 0.2) is 11.5 Å². The van der Waals surface area contributed by atoms with E-state index in [2.05, 4.69) is 19.1 Å². The van der Waals surface area contributed by atoms with Gasteiger partial charge in [0.1, 0.15) is 11.4 Å². The van der Waals surface area contributed by atoms with Crippen LogP contribution in [-0.2, 0) is 0 Å². The molecule has 0 spiro atoms. The molecule has 1 heterocycles.